The average molecular weight is 377 g/mol. The van der Waals surface area contributed by atoms with Crippen molar-refractivity contribution in [3.8, 4) is 0 Å². The van der Waals surface area contributed by atoms with E-state index in [0.717, 1.165) is 12.8 Å². The molecule has 2 fully saturated rings. The van der Waals surface area contributed by atoms with Crippen molar-refractivity contribution in [2.45, 2.75) is 72.3 Å². The van der Waals surface area contributed by atoms with Gasteiger partial charge in [0.25, 0.3) is 0 Å². The quantitative estimate of drug-likeness (QED) is 0.545. The maximum absolute atomic E-state index is 11.1. The molecule has 2 saturated carbocycles. The lowest BCUT2D eigenvalue weighted by molar-refractivity contribution is -0.0875. The minimum Gasteiger partial charge on any atom is -0.392 e. The monoisotopic (exact) mass is 376 g/mol. The number of aliphatic hydroxyl groups is 1. The van der Waals surface area contributed by atoms with Crippen molar-refractivity contribution in [1.82, 2.24) is 0 Å². The Morgan fingerprint density at radius 1 is 1.04 bits per heavy atom. The standard InChI is InChI=1S/C27H36O/c1-17-15-20-11-8-12-23(28)27(20,4)21-13-14-26(3)22(24(17)21)16-18(2)25(26)19-9-6-5-7-10-19/h5-7,9-10,15,17,21-24,28H,8,11-14,16H2,1-4H3/t17-,21+,22+,23?,24-,26+,27+/m1/s1. The molecule has 0 spiro atoms. The van der Waals surface area contributed by atoms with Gasteiger partial charge in [-0.05, 0) is 85.7 Å². The van der Waals surface area contributed by atoms with Crippen LogP contribution in [0.3, 0.4) is 0 Å². The SMILES string of the molecule is CC1=C(c2ccccc2)[C@@]2(C)CC[C@H]3[C@@H]([C@H](C)C=C4CCCC(O)[C@@]43C)[C@@H]2C1. The average Bonchev–Trinajstić information content (AvgIpc) is 2.94. The Kier molecular flexibility index (Phi) is 4.22. The zero-order valence-corrected chi connectivity index (χ0v) is 18.0. The van der Waals surface area contributed by atoms with E-state index in [1.165, 1.54) is 31.2 Å². The molecule has 1 heteroatoms. The Morgan fingerprint density at radius 2 is 1.79 bits per heavy atom. The predicted molar refractivity (Wildman–Crippen MR) is 117 cm³/mol. The molecule has 5 rings (SSSR count). The molecule has 1 N–H and O–H groups in total. The van der Waals surface area contributed by atoms with Crippen LogP contribution in [-0.4, -0.2) is 11.2 Å². The molecular formula is C27H36O. The molecule has 0 heterocycles. The van der Waals surface area contributed by atoms with Crippen LogP contribution in [0, 0.1) is 34.5 Å². The summed E-state index contributed by atoms with van der Waals surface area (Å²) in [4.78, 5) is 0. The summed E-state index contributed by atoms with van der Waals surface area (Å²) in [5.41, 5.74) is 6.55. The van der Waals surface area contributed by atoms with Gasteiger partial charge in [-0.15, -0.1) is 0 Å². The van der Waals surface area contributed by atoms with E-state index in [2.05, 4.69) is 64.1 Å². The van der Waals surface area contributed by atoms with Gasteiger partial charge in [-0.3, -0.25) is 0 Å². The molecule has 0 bridgehead atoms. The predicted octanol–water partition coefficient (Wildman–Crippen LogP) is 6.64. The van der Waals surface area contributed by atoms with Crippen LogP contribution in [0.15, 0.2) is 47.6 Å². The second-order valence-corrected chi connectivity index (χ2v) is 10.7. The van der Waals surface area contributed by atoms with E-state index >= 15 is 0 Å². The van der Waals surface area contributed by atoms with Gasteiger partial charge in [-0.2, -0.15) is 0 Å². The van der Waals surface area contributed by atoms with Crippen molar-refractivity contribution in [3.63, 3.8) is 0 Å². The maximum Gasteiger partial charge on any atom is 0.0633 e. The number of aliphatic hydroxyl groups excluding tert-OH is 1. The molecule has 0 aliphatic heterocycles. The topological polar surface area (TPSA) is 20.2 Å². The molecule has 1 aromatic rings. The first-order valence-electron chi connectivity index (χ1n) is 11.5. The van der Waals surface area contributed by atoms with Crippen molar-refractivity contribution in [2.24, 2.45) is 34.5 Å². The van der Waals surface area contributed by atoms with Gasteiger partial charge in [0.05, 0.1) is 6.10 Å². The van der Waals surface area contributed by atoms with Gasteiger partial charge >= 0.3 is 0 Å². The van der Waals surface area contributed by atoms with Crippen LogP contribution in [0.2, 0.25) is 0 Å². The third kappa shape index (κ3) is 2.35. The molecule has 28 heavy (non-hydrogen) atoms. The van der Waals surface area contributed by atoms with Crippen molar-refractivity contribution in [2.75, 3.05) is 0 Å². The van der Waals surface area contributed by atoms with Crippen LogP contribution < -0.4 is 0 Å². The number of hydrogen-bond acceptors (Lipinski definition) is 1. The summed E-state index contributed by atoms with van der Waals surface area (Å²) in [7, 11) is 0. The van der Waals surface area contributed by atoms with Crippen molar-refractivity contribution in [1.29, 1.82) is 0 Å². The molecular weight excluding hydrogens is 340 g/mol. The Morgan fingerprint density at radius 3 is 2.54 bits per heavy atom. The summed E-state index contributed by atoms with van der Waals surface area (Å²) in [5.74, 6) is 2.67. The fraction of sp³-hybridized carbons (Fsp3) is 0.630. The second kappa shape index (κ2) is 6.33. The highest BCUT2D eigenvalue weighted by atomic mass is 16.3. The minimum atomic E-state index is -0.152. The van der Waals surface area contributed by atoms with E-state index in [1.807, 2.05) is 0 Å². The number of rotatable bonds is 1. The van der Waals surface area contributed by atoms with E-state index in [1.54, 1.807) is 16.7 Å². The Bertz CT molecular complexity index is 833. The fourth-order valence-corrected chi connectivity index (χ4v) is 8.19. The lowest BCUT2D eigenvalue weighted by Crippen LogP contribution is -2.55. The molecule has 0 aromatic heterocycles. The summed E-state index contributed by atoms with van der Waals surface area (Å²) in [6, 6.07) is 11.1. The molecule has 0 saturated heterocycles. The molecule has 7 atom stereocenters. The summed E-state index contributed by atoms with van der Waals surface area (Å²) >= 11 is 0. The first-order valence-corrected chi connectivity index (χ1v) is 11.5. The fourth-order valence-electron chi connectivity index (χ4n) is 8.19. The first-order chi connectivity index (χ1) is 13.4. The van der Waals surface area contributed by atoms with E-state index in [-0.39, 0.29) is 16.9 Å². The minimum absolute atomic E-state index is 0.0140. The number of hydrogen-bond donors (Lipinski definition) is 1. The van der Waals surface area contributed by atoms with E-state index in [0.29, 0.717) is 23.7 Å². The summed E-state index contributed by atoms with van der Waals surface area (Å²) in [6.07, 6.45) is 9.55. The molecule has 150 valence electrons. The van der Waals surface area contributed by atoms with Crippen molar-refractivity contribution >= 4 is 5.57 Å². The Balaban J connectivity index is 1.57. The lowest BCUT2D eigenvalue weighted by atomic mass is 9.45. The third-order valence-corrected chi connectivity index (χ3v) is 9.46. The van der Waals surface area contributed by atoms with Crippen molar-refractivity contribution < 1.29 is 5.11 Å². The lowest BCUT2D eigenvalue weighted by Gasteiger charge is -2.60. The maximum atomic E-state index is 11.1. The van der Waals surface area contributed by atoms with Gasteiger partial charge in [0.15, 0.2) is 0 Å². The Labute approximate surface area is 170 Å². The van der Waals surface area contributed by atoms with Gasteiger partial charge in [0, 0.05) is 5.41 Å². The zero-order chi connectivity index (χ0) is 19.7. The van der Waals surface area contributed by atoms with Crippen LogP contribution >= 0.6 is 0 Å². The molecule has 4 aliphatic rings. The summed E-state index contributed by atoms with van der Waals surface area (Å²) in [5, 5.41) is 11.1. The highest BCUT2D eigenvalue weighted by Crippen LogP contribution is 2.68. The molecule has 1 unspecified atom stereocenters. The smallest absolute Gasteiger partial charge is 0.0633 e. The summed E-state index contributed by atoms with van der Waals surface area (Å²) < 4.78 is 0. The molecule has 4 aliphatic carbocycles. The number of allylic oxidation sites excluding steroid dienone is 3. The molecule has 0 radical (unpaired) electrons. The molecule has 0 amide bonds. The normalized spacial score (nSPS) is 45.2. The first kappa shape index (κ1) is 18.7. The van der Waals surface area contributed by atoms with Crippen LogP contribution in [0.4, 0.5) is 0 Å². The van der Waals surface area contributed by atoms with Crippen LogP contribution in [-0.2, 0) is 0 Å². The number of benzene rings is 1. The Hall–Kier alpha value is -1.34. The van der Waals surface area contributed by atoms with Crippen LogP contribution in [0.1, 0.15) is 71.8 Å². The molecule has 1 aromatic carbocycles. The van der Waals surface area contributed by atoms with Gasteiger partial charge < -0.3 is 5.11 Å². The van der Waals surface area contributed by atoms with Crippen LogP contribution in [0.25, 0.3) is 5.57 Å². The van der Waals surface area contributed by atoms with E-state index < -0.39 is 0 Å². The van der Waals surface area contributed by atoms with E-state index in [9.17, 15) is 5.11 Å². The number of fused-ring (bicyclic) bond motifs is 5. The highest BCUT2D eigenvalue weighted by Gasteiger charge is 2.60. The van der Waals surface area contributed by atoms with Gasteiger partial charge in [0.2, 0.25) is 0 Å². The highest BCUT2D eigenvalue weighted by molar-refractivity contribution is 5.75. The summed E-state index contributed by atoms with van der Waals surface area (Å²) in [6.45, 7) is 9.81. The van der Waals surface area contributed by atoms with E-state index in [4.69, 9.17) is 0 Å². The largest absolute Gasteiger partial charge is 0.392 e. The van der Waals surface area contributed by atoms with Gasteiger partial charge in [0.1, 0.15) is 0 Å². The van der Waals surface area contributed by atoms with Crippen LogP contribution in [0.5, 0.6) is 0 Å². The second-order valence-electron chi connectivity index (χ2n) is 10.7. The van der Waals surface area contributed by atoms with Gasteiger partial charge in [-0.25, -0.2) is 0 Å². The van der Waals surface area contributed by atoms with Crippen molar-refractivity contribution in [3.05, 3.63) is 53.1 Å². The molecule has 1 nitrogen and oxygen atoms in total. The third-order valence-electron chi connectivity index (χ3n) is 9.46. The zero-order valence-electron chi connectivity index (χ0n) is 18.0. The van der Waals surface area contributed by atoms with Gasteiger partial charge in [-0.1, -0.05) is 68.3 Å².